The third kappa shape index (κ3) is 3.05. The zero-order chi connectivity index (χ0) is 19.0. The molecule has 0 aliphatic carbocycles. The van der Waals surface area contributed by atoms with Gasteiger partial charge >= 0.3 is 0 Å². The molecule has 0 spiro atoms. The molecule has 0 radical (unpaired) electrons. The molecule has 4 rings (SSSR count). The number of allylic oxidation sites excluding steroid dienone is 1. The Hall–Kier alpha value is -3.23. The molecule has 134 valence electrons. The average Bonchev–Trinajstić information content (AvgIpc) is 3.01. The number of benzene rings is 2. The van der Waals surface area contributed by atoms with Gasteiger partial charge in [-0.1, -0.05) is 29.8 Å². The second-order valence-corrected chi connectivity index (χ2v) is 6.60. The van der Waals surface area contributed by atoms with Crippen LogP contribution >= 0.6 is 11.6 Å². The zero-order valence-corrected chi connectivity index (χ0v) is 15.3. The van der Waals surface area contributed by atoms with Gasteiger partial charge in [0.05, 0.1) is 10.6 Å². The van der Waals surface area contributed by atoms with E-state index in [9.17, 15) is 10.1 Å². The number of ether oxygens (including phenoxy) is 2. The molecule has 2 aromatic carbocycles. The zero-order valence-electron chi connectivity index (χ0n) is 14.5. The number of Topliss-reactive ketones (excluding diaryl/α,β-unsaturated/α-hetero) is 1. The van der Waals surface area contributed by atoms with E-state index in [0.717, 1.165) is 16.6 Å². The Kier molecular flexibility index (Phi) is 4.35. The Morgan fingerprint density at radius 2 is 2.04 bits per heavy atom. The van der Waals surface area contributed by atoms with Crippen LogP contribution in [0.5, 0.6) is 11.5 Å². The molecule has 1 N–H and O–H groups in total. The van der Waals surface area contributed by atoms with Crippen molar-refractivity contribution < 1.29 is 14.3 Å². The summed E-state index contributed by atoms with van der Waals surface area (Å²) in [4.78, 5) is 16.2. The summed E-state index contributed by atoms with van der Waals surface area (Å²) >= 11 is 6.25. The number of nitrogens with one attached hydrogen (secondary N) is 1. The van der Waals surface area contributed by atoms with Crippen molar-refractivity contribution in [1.29, 1.82) is 5.26 Å². The summed E-state index contributed by atoms with van der Waals surface area (Å²) in [5.74, 6) is 0.656. The lowest BCUT2D eigenvalue weighted by atomic mass is 9.99. The predicted octanol–water partition coefficient (Wildman–Crippen LogP) is 4.69. The Morgan fingerprint density at radius 3 is 2.85 bits per heavy atom. The first-order chi connectivity index (χ1) is 13.1. The highest BCUT2D eigenvalue weighted by Gasteiger charge is 2.21. The van der Waals surface area contributed by atoms with Crippen LogP contribution in [0.15, 0.2) is 42.0 Å². The van der Waals surface area contributed by atoms with E-state index in [1.54, 1.807) is 12.1 Å². The lowest BCUT2D eigenvalue weighted by molar-refractivity contribution is 0.104. The van der Waals surface area contributed by atoms with Crippen LogP contribution < -0.4 is 9.47 Å². The van der Waals surface area contributed by atoms with Gasteiger partial charge in [0.1, 0.15) is 24.9 Å². The van der Waals surface area contributed by atoms with E-state index in [2.05, 4.69) is 4.98 Å². The van der Waals surface area contributed by atoms with Crippen LogP contribution in [0, 0.1) is 18.3 Å². The van der Waals surface area contributed by atoms with Gasteiger partial charge in [-0.3, -0.25) is 4.79 Å². The first-order valence-corrected chi connectivity index (χ1v) is 8.79. The standard InChI is InChI=1S/C21H15ClN2O3/c1-12-19(15-4-2-3-5-17(15)24-12)20(25)14(11-23)8-13-9-16(22)21-18(10-13)26-6-7-27-21/h2-5,8-10,24H,6-7H2,1H3/b14-8+. The average molecular weight is 379 g/mol. The molecule has 6 heteroatoms. The minimum atomic E-state index is -0.335. The number of ketones is 1. The van der Waals surface area contributed by atoms with E-state index >= 15 is 0 Å². The fourth-order valence-corrected chi connectivity index (χ4v) is 3.51. The maximum atomic E-state index is 13.1. The lowest BCUT2D eigenvalue weighted by Crippen LogP contribution is -2.15. The number of fused-ring (bicyclic) bond motifs is 2. The molecular weight excluding hydrogens is 364 g/mol. The van der Waals surface area contributed by atoms with E-state index in [1.165, 1.54) is 6.08 Å². The molecule has 27 heavy (non-hydrogen) atoms. The smallest absolute Gasteiger partial charge is 0.205 e. The van der Waals surface area contributed by atoms with Crippen molar-refractivity contribution in [3.63, 3.8) is 0 Å². The van der Waals surface area contributed by atoms with E-state index in [4.69, 9.17) is 21.1 Å². The normalized spacial score (nSPS) is 13.4. The van der Waals surface area contributed by atoms with Crippen LogP contribution in [0.4, 0.5) is 0 Å². The topological polar surface area (TPSA) is 75.1 Å². The Morgan fingerprint density at radius 1 is 1.26 bits per heavy atom. The summed E-state index contributed by atoms with van der Waals surface area (Å²) in [6, 6.07) is 12.9. The molecular formula is C21H15ClN2O3. The minimum Gasteiger partial charge on any atom is -0.486 e. The monoisotopic (exact) mass is 378 g/mol. The van der Waals surface area contributed by atoms with Crippen LogP contribution in [-0.2, 0) is 0 Å². The molecule has 0 saturated heterocycles. The van der Waals surface area contributed by atoms with E-state index in [-0.39, 0.29) is 11.4 Å². The van der Waals surface area contributed by atoms with E-state index in [1.807, 2.05) is 37.3 Å². The van der Waals surface area contributed by atoms with Crippen LogP contribution in [0.2, 0.25) is 5.02 Å². The number of carbonyl (C=O) groups is 1. The van der Waals surface area contributed by atoms with E-state index < -0.39 is 0 Å². The van der Waals surface area contributed by atoms with Gasteiger partial charge in [-0.25, -0.2) is 0 Å². The number of H-pyrrole nitrogens is 1. The van der Waals surface area contributed by atoms with Gasteiger partial charge in [0, 0.05) is 16.6 Å². The van der Waals surface area contributed by atoms with Crippen molar-refractivity contribution in [3.05, 3.63) is 63.8 Å². The number of para-hydroxylation sites is 1. The van der Waals surface area contributed by atoms with Crippen molar-refractivity contribution in [2.75, 3.05) is 13.2 Å². The molecule has 0 unspecified atom stereocenters. The third-order valence-electron chi connectivity index (χ3n) is 4.42. The second kappa shape index (κ2) is 6.82. The van der Waals surface area contributed by atoms with E-state index in [0.29, 0.717) is 40.9 Å². The van der Waals surface area contributed by atoms with Crippen LogP contribution in [0.1, 0.15) is 21.6 Å². The highest BCUT2D eigenvalue weighted by molar-refractivity contribution is 6.32. The fourth-order valence-electron chi connectivity index (χ4n) is 3.23. The Bertz CT molecular complexity index is 1140. The van der Waals surface area contributed by atoms with Gasteiger partial charge in [0.15, 0.2) is 11.5 Å². The molecule has 0 saturated carbocycles. The summed E-state index contributed by atoms with van der Waals surface area (Å²) < 4.78 is 11.1. The highest BCUT2D eigenvalue weighted by atomic mass is 35.5. The molecule has 1 aromatic heterocycles. The molecule has 0 bridgehead atoms. The number of carbonyl (C=O) groups excluding carboxylic acids is 1. The number of hydrogen-bond donors (Lipinski definition) is 1. The van der Waals surface area contributed by atoms with Gasteiger partial charge in [-0.05, 0) is 36.8 Å². The van der Waals surface area contributed by atoms with Gasteiger partial charge in [-0.2, -0.15) is 5.26 Å². The Balaban J connectivity index is 1.78. The van der Waals surface area contributed by atoms with Crippen molar-refractivity contribution in [1.82, 2.24) is 4.98 Å². The second-order valence-electron chi connectivity index (χ2n) is 6.20. The molecule has 5 nitrogen and oxygen atoms in total. The highest BCUT2D eigenvalue weighted by Crippen LogP contribution is 2.39. The summed E-state index contributed by atoms with van der Waals surface area (Å²) in [7, 11) is 0. The molecule has 2 heterocycles. The first-order valence-electron chi connectivity index (χ1n) is 8.41. The number of aromatic amines is 1. The van der Waals surface area contributed by atoms with Crippen LogP contribution in [0.25, 0.3) is 17.0 Å². The van der Waals surface area contributed by atoms with Gasteiger partial charge in [0.25, 0.3) is 0 Å². The Labute approximate surface area is 160 Å². The van der Waals surface area contributed by atoms with Crippen molar-refractivity contribution >= 4 is 34.4 Å². The quantitative estimate of drug-likeness (QED) is 0.407. The summed E-state index contributed by atoms with van der Waals surface area (Å²) in [6.07, 6.45) is 1.52. The molecule has 0 fully saturated rings. The maximum absolute atomic E-state index is 13.1. The van der Waals surface area contributed by atoms with Crippen molar-refractivity contribution in [2.45, 2.75) is 6.92 Å². The summed E-state index contributed by atoms with van der Waals surface area (Å²) in [5.41, 5.74) is 2.71. The van der Waals surface area contributed by atoms with Crippen molar-refractivity contribution in [2.24, 2.45) is 0 Å². The van der Waals surface area contributed by atoms with Gasteiger partial charge < -0.3 is 14.5 Å². The fraction of sp³-hybridized carbons (Fsp3) is 0.143. The largest absolute Gasteiger partial charge is 0.486 e. The molecule has 0 atom stereocenters. The number of nitrogens with zero attached hydrogens (tertiary/aromatic N) is 1. The lowest BCUT2D eigenvalue weighted by Gasteiger charge is -2.19. The first kappa shape index (κ1) is 17.2. The molecule has 0 amide bonds. The number of halogens is 1. The van der Waals surface area contributed by atoms with Crippen LogP contribution in [-0.4, -0.2) is 24.0 Å². The summed E-state index contributed by atoms with van der Waals surface area (Å²) in [6.45, 7) is 2.68. The van der Waals surface area contributed by atoms with Crippen molar-refractivity contribution in [3.8, 4) is 17.6 Å². The number of aromatic nitrogens is 1. The number of rotatable bonds is 3. The number of nitriles is 1. The summed E-state index contributed by atoms with van der Waals surface area (Å²) in [5, 5.41) is 10.8. The minimum absolute atomic E-state index is 0.0237. The number of hydrogen-bond acceptors (Lipinski definition) is 4. The maximum Gasteiger partial charge on any atom is 0.205 e. The molecule has 1 aliphatic heterocycles. The third-order valence-corrected chi connectivity index (χ3v) is 4.70. The predicted molar refractivity (Wildman–Crippen MR) is 103 cm³/mol. The molecule has 1 aliphatic rings. The van der Waals surface area contributed by atoms with Gasteiger partial charge in [0.2, 0.25) is 5.78 Å². The number of aryl methyl sites for hydroxylation is 1. The van der Waals surface area contributed by atoms with Gasteiger partial charge in [-0.15, -0.1) is 0 Å². The van der Waals surface area contributed by atoms with Crippen LogP contribution in [0.3, 0.4) is 0 Å². The SMILES string of the molecule is Cc1[nH]c2ccccc2c1C(=O)/C(C#N)=C/c1cc(Cl)c2c(c1)OCCO2. The molecule has 3 aromatic rings.